The Hall–Kier alpha value is -1.69. The number of rotatable bonds is 5. The van der Waals surface area contributed by atoms with Crippen molar-refractivity contribution >= 4 is 0 Å². The van der Waals surface area contributed by atoms with E-state index in [1.807, 2.05) is 34.9 Å². The normalized spacial score (nSPS) is 12.0. The van der Waals surface area contributed by atoms with Crippen LogP contribution in [0.15, 0.2) is 18.6 Å². The quantitative estimate of drug-likeness (QED) is 0.884. The molecule has 0 amide bonds. The van der Waals surface area contributed by atoms with Crippen LogP contribution >= 0.6 is 0 Å². The molecule has 0 radical (unpaired) electrons. The van der Waals surface area contributed by atoms with E-state index >= 15 is 0 Å². The van der Waals surface area contributed by atoms with E-state index in [-0.39, 0.29) is 5.54 Å². The van der Waals surface area contributed by atoms with Crippen LogP contribution in [0.1, 0.15) is 32.0 Å². The van der Waals surface area contributed by atoms with Crippen molar-refractivity contribution in [3.05, 3.63) is 29.8 Å². The van der Waals surface area contributed by atoms with Crippen molar-refractivity contribution in [3.63, 3.8) is 0 Å². The molecule has 0 saturated carbocycles. The van der Waals surface area contributed by atoms with Crippen LogP contribution in [0, 0.1) is 6.92 Å². The Morgan fingerprint density at radius 1 is 1.16 bits per heavy atom. The highest BCUT2D eigenvalue weighted by molar-refractivity contribution is 4.99. The van der Waals surface area contributed by atoms with Gasteiger partial charge in [0.05, 0.1) is 25.0 Å². The van der Waals surface area contributed by atoms with Crippen molar-refractivity contribution in [2.24, 2.45) is 0 Å². The summed E-state index contributed by atoms with van der Waals surface area (Å²) in [6.45, 7) is 10.8. The molecule has 1 N–H and O–H groups in total. The summed E-state index contributed by atoms with van der Waals surface area (Å²) in [4.78, 5) is 0. The minimum Gasteiger partial charge on any atom is -0.306 e. The van der Waals surface area contributed by atoms with Gasteiger partial charge in [0.2, 0.25) is 0 Å². The maximum absolute atomic E-state index is 4.25. The largest absolute Gasteiger partial charge is 0.306 e. The summed E-state index contributed by atoms with van der Waals surface area (Å²) in [5.74, 6) is 0. The van der Waals surface area contributed by atoms with Crippen LogP contribution in [0.5, 0.6) is 0 Å². The predicted octanol–water partition coefficient (Wildman–Crippen LogP) is 1.37. The molecule has 0 saturated heterocycles. The first kappa shape index (κ1) is 13.7. The number of aryl methyl sites for hydroxylation is 3. The van der Waals surface area contributed by atoms with Crippen molar-refractivity contribution in [1.29, 1.82) is 0 Å². The summed E-state index contributed by atoms with van der Waals surface area (Å²) in [6.07, 6.45) is 5.87. The molecule has 0 aliphatic rings. The smallest absolute Gasteiger partial charge is 0.0965 e. The van der Waals surface area contributed by atoms with E-state index in [2.05, 4.69) is 41.5 Å². The van der Waals surface area contributed by atoms with Gasteiger partial charge in [0.15, 0.2) is 0 Å². The van der Waals surface area contributed by atoms with Crippen molar-refractivity contribution in [3.8, 4) is 0 Å². The highest BCUT2D eigenvalue weighted by Crippen LogP contribution is 2.02. The van der Waals surface area contributed by atoms with Gasteiger partial charge in [-0.2, -0.15) is 5.10 Å². The molecule has 19 heavy (non-hydrogen) atoms. The molecule has 0 bridgehead atoms. The zero-order chi connectivity index (χ0) is 13.9. The third-order valence-electron chi connectivity index (χ3n) is 2.71. The van der Waals surface area contributed by atoms with Crippen molar-refractivity contribution < 1.29 is 0 Å². The predicted molar refractivity (Wildman–Crippen MR) is 73.6 cm³/mol. The summed E-state index contributed by atoms with van der Waals surface area (Å²) in [7, 11) is 0. The van der Waals surface area contributed by atoms with Crippen LogP contribution in [-0.4, -0.2) is 30.3 Å². The number of hydrogen-bond donors (Lipinski definition) is 1. The summed E-state index contributed by atoms with van der Waals surface area (Å²) >= 11 is 0. The van der Waals surface area contributed by atoms with Gasteiger partial charge >= 0.3 is 0 Å². The molecule has 0 aliphatic carbocycles. The molecule has 2 heterocycles. The number of nitrogens with one attached hydrogen (secondary N) is 1. The van der Waals surface area contributed by atoms with Crippen LogP contribution in [0.4, 0.5) is 0 Å². The monoisotopic (exact) mass is 262 g/mol. The lowest BCUT2D eigenvalue weighted by Gasteiger charge is -2.19. The Morgan fingerprint density at radius 2 is 1.89 bits per heavy atom. The lowest BCUT2D eigenvalue weighted by atomic mass is 10.1. The van der Waals surface area contributed by atoms with Crippen molar-refractivity contribution in [1.82, 2.24) is 30.1 Å². The highest BCUT2D eigenvalue weighted by atomic mass is 15.4. The second-order valence-electron chi connectivity index (χ2n) is 5.86. The zero-order valence-electron chi connectivity index (χ0n) is 12.1. The Kier molecular flexibility index (Phi) is 3.99. The van der Waals surface area contributed by atoms with E-state index in [0.29, 0.717) is 0 Å². The maximum Gasteiger partial charge on any atom is 0.0965 e. The highest BCUT2D eigenvalue weighted by Gasteiger charge is 2.10. The average Bonchev–Trinajstić information content (AvgIpc) is 2.92. The number of hydrogen-bond acceptors (Lipinski definition) is 4. The van der Waals surface area contributed by atoms with E-state index in [1.54, 1.807) is 0 Å². The van der Waals surface area contributed by atoms with E-state index in [1.165, 1.54) is 5.56 Å². The number of nitrogens with zero attached hydrogens (tertiary/aromatic N) is 5. The van der Waals surface area contributed by atoms with Gasteiger partial charge in [-0.1, -0.05) is 5.21 Å². The van der Waals surface area contributed by atoms with Gasteiger partial charge in [0.25, 0.3) is 0 Å². The molecule has 0 aliphatic heterocycles. The van der Waals surface area contributed by atoms with Crippen LogP contribution in [0.3, 0.4) is 0 Å². The molecule has 0 aromatic carbocycles. The van der Waals surface area contributed by atoms with Gasteiger partial charge in [-0.15, -0.1) is 5.10 Å². The van der Waals surface area contributed by atoms with Crippen molar-refractivity contribution in [2.75, 3.05) is 0 Å². The Labute approximate surface area is 113 Å². The summed E-state index contributed by atoms with van der Waals surface area (Å²) in [5.41, 5.74) is 2.23. The van der Waals surface area contributed by atoms with Crippen LogP contribution in [-0.2, 0) is 19.6 Å². The topological polar surface area (TPSA) is 60.6 Å². The molecule has 0 atom stereocenters. The van der Waals surface area contributed by atoms with Crippen LogP contribution in [0.25, 0.3) is 0 Å². The fourth-order valence-electron chi connectivity index (χ4n) is 1.68. The summed E-state index contributed by atoms with van der Waals surface area (Å²) < 4.78 is 3.78. The molecule has 6 nitrogen and oxygen atoms in total. The Balaban J connectivity index is 1.84. The van der Waals surface area contributed by atoms with Crippen molar-refractivity contribution in [2.45, 2.75) is 52.9 Å². The first-order chi connectivity index (χ1) is 8.92. The lowest BCUT2D eigenvalue weighted by Crippen LogP contribution is -2.35. The minimum absolute atomic E-state index is 0.0936. The fourth-order valence-corrected chi connectivity index (χ4v) is 1.68. The molecule has 0 unspecified atom stereocenters. The van der Waals surface area contributed by atoms with Gasteiger partial charge < -0.3 is 5.32 Å². The van der Waals surface area contributed by atoms with Gasteiger partial charge in [-0.05, 0) is 33.3 Å². The molecule has 2 aromatic heterocycles. The SMILES string of the molecule is Cc1cnn(CCn2cc(CNC(C)(C)C)nn2)c1. The standard InChI is InChI=1S/C13H22N6/c1-11-7-15-18(9-11)5-6-19-10-12(16-17-19)8-14-13(2,3)4/h7,9-10,14H,5-6,8H2,1-4H3. The summed E-state index contributed by atoms with van der Waals surface area (Å²) in [5, 5.41) is 15.9. The molecular weight excluding hydrogens is 240 g/mol. The van der Waals surface area contributed by atoms with E-state index in [4.69, 9.17) is 0 Å². The van der Waals surface area contributed by atoms with E-state index < -0.39 is 0 Å². The second kappa shape index (κ2) is 5.52. The summed E-state index contributed by atoms with van der Waals surface area (Å²) in [6, 6.07) is 0. The lowest BCUT2D eigenvalue weighted by molar-refractivity contribution is 0.421. The molecular formula is C13H22N6. The van der Waals surface area contributed by atoms with Gasteiger partial charge in [0.1, 0.15) is 0 Å². The van der Waals surface area contributed by atoms with Crippen LogP contribution in [0.2, 0.25) is 0 Å². The molecule has 6 heteroatoms. The molecule has 2 aromatic rings. The first-order valence-electron chi connectivity index (χ1n) is 6.55. The Morgan fingerprint density at radius 3 is 2.53 bits per heavy atom. The third-order valence-corrected chi connectivity index (χ3v) is 2.71. The number of aromatic nitrogens is 5. The van der Waals surface area contributed by atoms with Crippen LogP contribution < -0.4 is 5.32 Å². The van der Waals surface area contributed by atoms with Gasteiger partial charge in [-0.3, -0.25) is 9.36 Å². The van der Waals surface area contributed by atoms with Gasteiger partial charge in [-0.25, -0.2) is 0 Å². The molecule has 2 rings (SSSR count). The molecule has 0 fully saturated rings. The average molecular weight is 262 g/mol. The minimum atomic E-state index is 0.0936. The second-order valence-corrected chi connectivity index (χ2v) is 5.86. The third kappa shape index (κ3) is 4.48. The fraction of sp³-hybridized carbons (Fsp3) is 0.615. The maximum atomic E-state index is 4.25. The zero-order valence-corrected chi connectivity index (χ0v) is 12.1. The Bertz CT molecular complexity index is 519. The molecule has 0 spiro atoms. The van der Waals surface area contributed by atoms with E-state index in [0.717, 1.165) is 25.3 Å². The first-order valence-corrected chi connectivity index (χ1v) is 6.55. The van der Waals surface area contributed by atoms with Gasteiger partial charge in [0, 0.05) is 24.5 Å². The van der Waals surface area contributed by atoms with E-state index in [9.17, 15) is 0 Å². The molecule has 104 valence electrons.